The second-order valence-corrected chi connectivity index (χ2v) is 4.51. The minimum absolute atomic E-state index is 0.395. The summed E-state index contributed by atoms with van der Waals surface area (Å²) >= 11 is 0. The standard InChI is InChI=1S/C17H14N2O2/c20-17-12-15(18-13-7-3-1-4-8-13)11-16(21-17)19-14-9-5-2-6-10-14/h1-12,18-19H. The minimum Gasteiger partial charge on any atom is -0.406 e. The van der Waals surface area contributed by atoms with Crippen molar-refractivity contribution in [1.82, 2.24) is 0 Å². The molecule has 3 aromatic rings. The van der Waals surface area contributed by atoms with E-state index in [9.17, 15) is 4.79 Å². The molecule has 0 aliphatic rings. The maximum Gasteiger partial charge on any atom is 0.339 e. The van der Waals surface area contributed by atoms with Crippen LogP contribution in [0.5, 0.6) is 0 Å². The Bertz CT molecular complexity index is 705. The van der Waals surface area contributed by atoms with Gasteiger partial charge in [-0.25, -0.2) is 4.79 Å². The lowest BCUT2D eigenvalue weighted by atomic mass is 10.3. The van der Waals surface area contributed by atoms with Crippen molar-refractivity contribution in [2.24, 2.45) is 0 Å². The molecule has 0 fully saturated rings. The fourth-order valence-electron chi connectivity index (χ4n) is 1.96. The molecule has 21 heavy (non-hydrogen) atoms. The van der Waals surface area contributed by atoms with E-state index in [1.165, 1.54) is 6.07 Å². The lowest BCUT2D eigenvalue weighted by molar-refractivity contribution is 0.530. The van der Waals surface area contributed by atoms with Crippen LogP contribution < -0.4 is 16.3 Å². The molecule has 0 saturated heterocycles. The van der Waals surface area contributed by atoms with Gasteiger partial charge >= 0.3 is 5.63 Å². The van der Waals surface area contributed by atoms with Gasteiger partial charge in [-0.15, -0.1) is 0 Å². The molecule has 3 rings (SSSR count). The summed E-state index contributed by atoms with van der Waals surface area (Å²) in [4.78, 5) is 11.6. The molecule has 4 nitrogen and oxygen atoms in total. The molecule has 0 atom stereocenters. The summed E-state index contributed by atoms with van der Waals surface area (Å²) in [6.45, 7) is 0. The van der Waals surface area contributed by atoms with Crippen molar-refractivity contribution >= 4 is 22.9 Å². The second-order valence-electron chi connectivity index (χ2n) is 4.51. The normalized spacial score (nSPS) is 10.1. The number of para-hydroxylation sites is 2. The third-order valence-corrected chi connectivity index (χ3v) is 2.87. The number of nitrogens with one attached hydrogen (secondary N) is 2. The Hall–Kier alpha value is -3.01. The van der Waals surface area contributed by atoms with Gasteiger partial charge in [-0.05, 0) is 24.3 Å². The van der Waals surface area contributed by atoms with Crippen molar-refractivity contribution < 1.29 is 4.42 Å². The van der Waals surface area contributed by atoms with Crippen LogP contribution in [-0.4, -0.2) is 0 Å². The predicted octanol–water partition coefficient (Wildman–Crippen LogP) is 4.13. The van der Waals surface area contributed by atoms with Crippen LogP contribution in [0.2, 0.25) is 0 Å². The van der Waals surface area contributed by atoms with Gasteiger partial charge in [0.1, 0.15) is 0 Å². The van der Waals surface area contributed by atoms with Crippen molar-refractivity contribution in [3.8, 4) is 0 Å². The Morgan fingerprint density at radius 1 is 0.667 bits per heavy atom. The Morgan fingerprint density at radius 3 is 1.86 bits per heavy atom. The average Bonchev–Trinajstić information content (AvgIpc) is 2.48. The first-order chi connectivity index (χ1) is 10.3. The molecule has 0 amide bonds. The van der Waals surface area contributed by atoms with Crippen LogP contribution in [0.25, 0.3) is 0 Å². The Morgan fingerprint density at radius 2 is 1.24 bits per heavy atom. The molecular formula is C17H14N2O2. The predicted molar refractivity (Wildman–Crippen MR) is 84.4 cm³/mol. The van der Waals surface area contributed by atoms with Crippen molar-refractivity contribution in [2.45, 2.75) is 0 Å². The van der Waals surface area contributed by atoms with Crippen LogP contribution in [0.3, 0.4) is 0 Å². The van der Waals surface area contributed by atoms with Crippen LogP contribution in [0.15, 0.2) is 82.0 Å². The van der Waals surface area contributed by atoms with E-state index in [0.717, 1.165) is 11.4 Å². The first-order valence-electron chi connectivity index (χ1n) is 6.59. The third kappa shape index (κ3) is 3.51. The number of anilines is 4. The van der Waals surface area contributed by atoms with Crippen LogP contribution in [0, 0.1) is 0 Å². The van der Waals surface area contributed by atoms with E-state index in [4.69, 9.17) is 4.42 Å². The van der Waals surface area contributed by atoms with Gasteiger partial charge in [-0.3, -0.25) is 0 Å². The van der Waals surface area contributed by atoms with Crippen LogP contribution in [0.4, 0.5) is 22.9 Å². The topological polar surface area (TPSA) is 54.3 Å². The quantitative estimate of drug-likeness (QED) is 0.753. The highest BCUT2D eigenvalue weighted by Crippen LogP contribution is 2.20. The van der Waals surface area contributed by atoms with E-state index < -0.39 is 5.63 Å². The van der Waals surface area contributed by atoms with E-state index in [-0.39, 0.29) is 0 Å². The fraction of sp³-hybridized carbons (Fsp3) is 0. The molecule has 1 heterocycles. The minimum atomic E-state index is -0.408. The molecule has 0 unspecified atom stereocenters. The van der Waals surface area contributed by atoms with Gasteiger partial charge in [0.25, 0.3) is 0 Å². The third-order valence-electron chi connectivity index (χ3n) is 2.87. The van der Waals surface area contributed by atoms with Gasteiger partial charge in [-0.1, -0.05) is 36.4 Å². The van der Waals surface area contributed by atoms with Crippen molar-refractivity contribution in [3.05, 3.63) is 83.2 Å². The zero-order chi connectivity index (χ0) is 14.5. The molecule has 4 heteroatoms. The molecule has 0 spiro atoms. The summed E-state index contributed by atoms with van der Waals surface area (Å²) in [6.07, 6.45) is 0. The zero-order valence-electron chi connectivity index (χ0n) is 11.2. The number of rotatable bonds is 4. The first kappa shape index (κ1) is 13.0. The van der Waals surface area contributed by atoms with Crippen LogP contribution >= 0.6 is 0 Å². The summed E-state index contributed by atoms with van der Waals surface area (Å²) in [5.41, 5.74) is 2.04. The van der Waals surface area contributed by atoms with E-state index in [2.05, 4.69) is 10.6 Å². The van der Waals surface area contributed by atoms with E-state index in [1.54, 1.807) is 6.07 Å². The summed E-state index contributed by atoms with van der Waals surface area (Å²) in [7, 11) is 0. The summed E-state index contributed by atoms with van der Waals surface area (Å²) in [5.74, 6) is 0.395. The fourth-order valence-corrected chi connectivity index (χ4v) is 1.96. The first-order valence-corrected chi connectivity index (χ1v) is 6.59. The molecule has 0 aliphatic carbocycles. The maximum atomic E-state index is 11.6. The van der Waals surface area contributed by atoms with Crippen LogP contribution in [0.1, 0.15) is 0 Å². The largest absolute Gasteiger partial charge is 0.406 e. The lowest BCUT2D eigenvalue weighted by Crippen LogP contribution is -2.03. The lowest BCUT2D eigenvalue weighted by Gasteiger charge is -2.08. The molecule has 0 saturated carbocycles. The van der Waals surface area contributed by atoms with Gasteiger partial charge < -0.3 is 15.1 Å². The monoisotopic (exact) mass is 278 g/mol. The van der Waals surface area contributed by atoms with Gasteiger partial charge in [0.05, 0.1) is 5.69 Å². The zero-order valence-corrected chi connectivity index (χ0v) is 11.2. The van der Waals surface area contributed by atoms with Gasteiger partial charge in [0.15, 0.2) is 0 Å². The molecule has 2 aromatic carbocycles. The van der Waals surface area contributed by atoms with Crippen LogP contribution in [-0.2, 0) is 0 Å². The second kappa shape index (κ2) is 5.96. The SMILES string of the molecule is O=c1cc(Nc2ccccc2)cc(Nc2ccccc2)o1. The van der Waals surface area contributed by atoms with E-state index in [1.807, 2.05) is 60.7 Å². The summed E-state index contributed by atoms with van der Waals surface area (Å²) < 4.78 is 5.15. The molecule has 1 aromatic heterocycles. The highest BCUT2D eigenvalue weighted by Gasteiger charge is 2.02. The van der Waals surface area contributed by atoms with E-state index in [0.29, 0.717) is 11.6 Å². The highest BCUT2D eigenvalue weighted by molar-refractivity contribution is 5.64. The van der Waals surface area contributed by atoms with Gasteiger partial charge in [-0.2, -0.15) is 0 Å². The molecule has 0 radical (unpaired) electrons. The number of benzene rings is 2. The Balaban J connectivity index is 1.85. The average molecular weight is 278 g/mol. The van der Waals surface area contributed by atoms with Crippen molar-refractivity contribution in [1.29, 1.82) is 0 Å². The van der Waals surface area contributed by atoms with Gasteiger partial charge in [0, 0.05) is 23.5 Å². The molecule has 2 N–H and O–H groups in total. The highest BCUT2D eigenvalue weighted by atomic mass is 16.4. The van der Waals surface area contributed by atoms with E-state index >= 15 is 0 Å². The van der Waals surface area contributed by atoms with Crippen molar-refractivity contribution in [3.63, 3.8) is 0 Å². The number of hydrogen-bond donors (Lipinski definition) is 2. The molecule has 0 aliphatic heterocycles. The number of hydrogen-bond acceptors (Lipinski definition) is 4. The summed E-state index contributed by atoms with van der Waals surface area (Å²) in [5, 5.41) is 6.24. The van der Waals surface area contributed by atoms with Crippen molar-refractivity contribution in [2.75, 3.05) is 10.6 Å². The molecule has 104 valence electrons. The Labute approximate surface area is 122 Å². The van der Waals surface area contributed by atoms with Gasteiger partial charge in [0.2, 0.25) is 5.88 Å². The molecule has 0 bridgehead atoms. The molecular weight excluding hydrogens is 264 g/mol. The maximum absolute atomic E-state index is 11.6. The Kier molecular flexibility index (Phi) is 3.69. The summed E-state index contributed by atoms with van der Waals surface area (Å²) in [6, 6.07) is 22.4. The smallest absolute Gasteiger partial charge is 0.339 e.